The van der Waals surface area contributed by atoms with E-state index in [9.17, 15) is 18.0 Å². The molecule has 3 aromatic rings. The molecule has 156 valence electrons. The second-order valence-electron chi connectivity index (χ2n) is 6.32. The van der Waals surface area contributed by atoms with Crippen molar-refractivity contribution >= 4 is 6.03 Å². The fraction of sp³-hybridized carbons (Fsp3) is 0.200. The molecule has 2 N–H and O–H groups in total. The minimum Gasteiger partial charge on any atom is -0.406 e. The largest absolute Gasteiger partial charge is 0.573 e. The number of carbonyl (C=O) groups excluding carboxylic acids is 1. The molecular weight excluding hydrogens is 399 g/mol. The molecule has 7 nitrogen and oxygen atoms in total. The highest BCUT2D eigenvalue weighted by molar-refractivity contribution is 5.78. The van der Waals surface area contributed by atoms with Gasteiger partial charge in [0, 0.05) is 31.6 Å². The molecule has 1 aromatic carbocycles. The number of hydrogen-bond donors (Lipinski definition) is 2. The lowest BCUT2D eigenvalue weighted by Crippen LogP contribution is -2.36. The minimum atomic E-state index is -4.76. The van der Waals surface area contributed by atoms with E-state index in [4.69, 9.17) is 5.41 Å². The molecule has 2 heterocycles. The van der Waals surface area contributed by atoms with Crippen LogP contribution in [-0.4, -0.2) is 33.5 Å². The summed E-state index contributed by atoms with van der Waals surface area (Å²) in [5, 5.41) is 10.7. The van der Waals surface area contributed by atoms with Crippen LogP contribution >= 0.6 is 0 Å². The van der Waals surface area contributed by atoms with Crippen molar-refractivity contribution in [2.24, 2.45) is 0 Å². The molecule has 0 saturated carbocycles. The van der Waals surface area contributed by atoms with E-state index < -0.39 is 12.4 Å². The molecule has 0 saturated heterocycles. The maximum atomic E-state index is 12.5. The van der Waals surface area contributed by atoms with Crippen molar-refractivity contribution in [3.05, 3.63) is 71.9 Å². The predicted octanol–water partition coefficient (Wildman–Crippen LogP) is 3.43. The number of halogens is 3. The van der Waals surface area contributed by atoms with Gasteiger partial charge in [-0.1, -0.05) is 12.1 Å². The Morgan fingerprint density at radius 1 is 1.10 bits per heavy atom. The minimum absolute atomic E-state index is 0.0380. The van der Waals surface area contributed by atoms with E-state index in [-0.39, 0.29) is 11.2 Å². The van der Waals surface area contributed by atoms with Gasteiger partial charge < -0.3 is 10.1 Å². The normalized spacial score (nSPS) is 11.2. The van der Waals surface area contributed by atoms with Crippen molar-refractivity contribution in [3.8, 4) is 16.9 Å². The SMILES string of the molecule is Cc1nccnc1CCNC(=O)n1cc(-c2ccc(OC(F)(F)F)cc2)ccc1=N. The van der Waals surface area contributed by atoms with Crippen LogP contribution in [0.5, 0.6) is 5.75 Å². The average molecular weight is 417 g/mol. The van der Waals surface area contributed by atoms with Crippen molar-refractivity contribution in [3.63, 3.8) is 0 Å². The van der Waals surface area contributed by atoms with Crippen molar-refractivity contribution in [1.29, 1.82) is 5.41 Å². The zero-order chi connectivity index (χ0) is 21.7. The smallest absolute Gasteiger partial charge is 0.406 e. The molecule has 0 fully saturated rings. The van der Waals surface area contributed by atoms with Gasteiger partial charge in [-0.25, -0.2) is 4.79 Å². The van der Waals surface area contributed by atoms with Crippen molar-refractivity contribution in [2.45, 2.75) is 19.7 Å². The molecule has 1 amide bonds. The summed E-state index contributed by atoms with van der Waals surface area (Å²) >= 11 is 0. The quantitative estimate of drug-likeness (QED) is 0.665. The first-order valence-corrected chi connectivity index (χ1v) is 8.91. The highest BCUT2D eigenvalue weighted by atomic mass is 19.4. The molecule has 0 bridgehead atoms. The first-order chi connectivity index (χ1) is 14.2. The number of pyridine rings is 1. The number of carbonyl (C=O) groups is 1. The van der Waals surface area contributed by atoms with Gasteiger partial charge in [-0.15, -0.1) is 13.2 Å². The Balaban J connectivity index is 1.71. The highest BCUT2D eigenvalue weighted by Gasteiger charge is 2.30. The molecule has 2 aromatic heterocycles. The maximum absolute atomic E-state index is 12.5. The van der Waals surface area contributed by atoms with Gasteiger partial charge in [0.05, 0.1) is 11.4 Å². The number of hydrogen-bond acceptors (Lipinski definition) is 5. The third-order valence-electron chi connectivity index (χ3n) is 4.21. The van der Waals surface area contributed by atoms with Crippen molar-refractivity contribution in [1.82, 2.24) is 19.9 Å². The van der Waals surface area contributed by atoms with Crippen LogP contribution in [0.25, 0.3) is 11.1 Å². The van der Waals surface area contributed by atoms with E-state index in [1.165, 1.54) is 36.5 Å². The van der Waals surface area contributed by atoms with E-state index in [2.05, 4.69) is 20.0 Å². The Bertz CT molecular complexity index is 1090. The summed E-state index contributed by atoms with van der Waals surface area (Å²) < 4.78 is 41.8. The summed E-state index contributed by atoms with van der Waals surface area (Å²) in [5.74, 6) is -0.340. The molecule has 10 heteroatoms. The summed E-state index contributed by atoms with van der Waals surface area (Å²) in [4.78, 5) is 20.8. The third kappa shape index (κ3) is 5.43. The molecule has 0 aliphatic carbocycles. The fourth-order valence-corrected chi connectivity index (χ4v) is 2.74. The Labute approximate surface area is 169 Å². The van der Waals surface area contributed by atoms with Gasteiger partial charge in [-0.05, 0) is 42.3 Å². The topological polar surface area (TPSA) is 92.9 Å². The molecule has 0 aliphatic rings. The molecule has 30 heavy (non-hydrogen) atoms. The Kier molecular flexibility index (Phi) is 6.14. The van der Waals surface area contributed by atoms with E-state index in [0.29, 0.717) is 24.1 Å². The van der Waals surface area contributed by atoms with E-state index in [1.807, 2.05) is 6.92 Å². The second-order valence-corrected chi connectivity index (χ2v) is 6.32. The fourth-order valence-electron chi connectivity index (χ4n) is 2.74. The van der Waals surface area contributed by atoms with Crippen LogP contribution in [0.2, 0.25) is 0 Å². The van der Waals surface area contributed by atoms with Gasteiger partial charge in [0.25, 0.3) is 0 Å². The lowest BCUT2D eigenvalue weighted by molar-refractivity contribution is -0.274. The van der Waals surface area contributed by atoms with E-state index in [1.54, 1.807) is 18.5 Å². The molecule has 3 rings (SSSR count). The number of ether oxygens (including phenoxy) is 1. The number of amides is 1. The molecular formula is C20H18F3N5O2. The Morgan fingerprint density at radius 2 is 1.77 bits per heavy atom. The average Bonchev–Trinajstić information content (AvgIpc) is 2.69. The van der Waals surface area contributed by atoms with Crippen LogP contribution in [0, 0.1) is 12.3 Å². The lowest BCUT2D eigenvalue weighted by Gasteiger charge is -2.12. The van der Waals surface area contributed by atoms with Crippen molar-refractivity contribution < 1.29 is 22.7 Å². The zero-order valence-electron chi connectivity index (χ0n) is 15.9. The maximum Gasteiger partial charge on any atom is 0.573 e. The number of alkyl halides is 3. The van der Waals surface area contributed by atoms with Gasteiger partial charge in [0.2, 0.25) is 0 Å². The first-order valence-electron chi connectivity index (χ1n) is 8.91. The molecule has 0 spiro atoms. The van der Waals surface area contributed by atoms with E-state index >= 15 is 0 Å². The number of nitrogens with zero attached hydrogens (tertiary/aromatic N) is 3. The Hall–Kier alpha value is -3.69. The molecule has 0 atom stereocenters. The van der Waals surface area contributed by atoms with Gasteiger partial charge in [-0.2, -0.15) is 0 Å². The van der Waals surface area contributed by atoms with Crippen LogP contribution < -0.4 is 15.5 Å². The van der Waals surface area contributed by atoms with E-state index in [0.717, 1.165) is 16.0 Å². The van der Waals surface area contributed by atoms with Crippen LogP contribution in [0.1, 0.15) is 11.4 Å². The van der Waals surface area contributed by atoms with Crippen LogP contribution in [0.15, 0.2) is 55.0 Å². The molecule has 0 aliphatic heterocycles. The summed E-state index contributed by atoms with van der Waals surface area (Å²) in [6.07, 6.45) is 0.339. The highest BCUT2D eigenvalue weighted by Crippen LogP contribution is 2.26. The number of rotatable bonds is 5. The first kappa shape index (κ1) is 21.0. The predicted molar refractivity (Wildman–Crippen MR) is 102 cm³/mol. The van der Waals surface area contributed by atoms with Crippen LogP contribution in [-0.2, 0) is 6.42 Å². The number of aryl methyl sites for hydroxylation is 1. The number of nitrogens with one attached hydrogen (secondary N) is 2. The van der Waals surface area contributed by atoms with Gasteiger partial charge in [0.15, 0.2) is 0 Å². The molecule has 0 radical (unpaired) electrons. The lowest BCUT2D eigenvalue weighted by atomic mass is 10.1. The van der Waals surface area contributed by atoms with Crippen LogP contribution in [0.4, 0.5) is 18.0 Å². The van der Waals surface area contributed by atoms with Crippen LogP contribution in [0.3, 0.4) is 0 Å². The second kappa shape index (κ2) is 8.76. The molecule has 0 unspecified atom stereocenters. The van der Waals surface area contributed by atoms with Gasteiger partial charge in [-0.3, -0.25) is 19.9 Å². The zero-order valence-corrected chi connectivity index (χ0v) is 15.9. The summed E-state index contributed by atoms with van der Waals surface area (Å²) in [7, 11) is 0. The number of benzene rings is 1. The monoisotopic (exact) mass is 417 g/mol. The standard InChI is InChI=1S/C20H18F3N5O2/c1-13-17(26-11-10-25-13)8-9-27-19(29)28-12-15(4-7-18(28)24)14-2-5-16(6-3-14)30-20(21,22)23/h2-7,10-12,24H,8-9H2,1H3,(H,27,29). The Morgan fingerprint density at radius 3 is 2.43 bits per heavy atom. The summed E-state index contributed by atoms with van der Waals surface area (Å²) in [6, 6.07) is 7.80. The summed E-state index contributed by atoms with van der Waals surface area (Å²) in [6.45, 7) is 2.13. The van der Waals surface area contributed by atoms with Gasteiger partial charge in [0.1, 0.15) is 11.2 Å². The van der Waals surface area contributed by atoms with Crippen molar-refractivity contribution in [2.75, 3.05) is 6.54 Å². The summed E-state index contributed by atoms with van der Waals surface area (Å²) in [5.41, 5.74) is 2.64. The number of aromatic nitrogens is 3. The van der Waals surface area contributed by atoms with Gasteiger partial charge >= 0.3 is 12.4 Å². The third-order valence-corrected chi connectivity index (χ3v) is 4.21.